The first kappa shape index (κ1) is 19.2. The van der Waals surface area contributed by atoms with Crippen molar-refractivity contribution in [1.29, 1.82) is 0 Å². The lowest BCUT2D eigenvalue weighted by Gasteiger charge is -2.53. The first-order valence-electron chi connectivity index (χ1n) is 9.16. The fourth-order valence-electron chi connectivity index (χ4n) is 3.55. The molecule has 148 valence electrons. The summed E-state index contributed by atoms with van der Waals surface area (Å²) in [5.41, 5.74) is 0.0739. The Hall–Kier alpha value is -2.58. The fraction of sp³-hybridized carbons (Fsp3) is 0.667. The number of likely N-dealkylation sites (tertiary alicyclic amines) is 2. The van der Waals surface area contributed by atoms with Crippen molar-refractivity contribution in [3.05, 3.63) is 12.4 Å². The SMILES string of the molecule is CC(=O)Nc1cnn(C(=O)N2CC3(CCN(C(=O)OC(C)(C)C)CC3)C2)c1. The molecule has 1 aromatic rings. The minimum Gasteiger partial charge on any atom is -0.444 e. The second-order valence-corrected chi connectivity index (χ2v) is 8.46. The van der Waals surface area contributed by atoms with Crippen molar-refractivity contribution >= 4 is 23.7 Å². The van der Waals surface area contributed by atoms with Gasteiger partial charge in [-0.25, -0.2) is 9.59 Å². The van der Waals surface area contributed by atoms with Crippen LogP contribution < -0.4 is 5.32 Å². The van der Waals surface area contributed by atoms with Crippen LogP contribution in [0.5, 0.6) is 0 Å². The summed E-state index contributed by atoms with van der Waals surface area (Å²) in [6, 6.07) is -0.202. The van der Waals surface area contributed by atoms with Gasteiger partial charge in [-0.3, -0.25) is 4.79 Å². The van der Waals surface area contributed by atoms with Gasteiger partial charge in [-0.15, -0.1) is 0 Å². The van der Waals surface area contributed by atoms with Crippen LogP contribution in [0.2, 0.25) is 0 Å². The summed E-state index contributed by atoms with van der Waals surface area (Å²) < 4.78 is 6.67. The molecule has 9 heteroatoms. The van der Waals surface area contributed by atoms with Gasteiger partial charge in [0.05, 0.1) is 18.1 Å². The summed E-state index contributed by atoms with van der Waals surface area (Å²) in [4.78, 5) is 39.2. The zero-order chi connectivity index (χ0) is 19.8. The number of hydrogen-bond acceptors (Lipinski definition) is 5. The Kier molecular flexibility index (Phi) is 4.88. The molecule has 0 unspecified atom stereocenters. The molecule has 2 aliphatic rings. The summed E-state index contributed by atoms with van der Waals surface area (Å²) in [5, 5.41) is 6.62. The van der Waals surface area contributed by atoms with Gasteiger partial charge in [-0.2, -0.15) is 9.78 Å². The maximum atomic E-state index is 12.5. The second-order valence-electron chi connectivity index (χ2n) is 8.46. The maximum absolute atomic E-state index is 12.5. The summed E-state index contributed by atoms with van der Waals surface area (Å²) in [5.74, 6) is -0.207. The van der Waals surface area contributed by atoms with E-state index < -0.39 is 5.60 Å². The van der Waals surface area contributed by atoms with Gasteiger partial charge in [-0.05, 0) is 33.6 Å². The summed E-state index contributed by atoms with van der Waals surface area (Å²) >= 11 is 0. The molecule has 1 aromatic heterocycles. The van der Waals surface area contributed by atoms with E-state index in [1.54, 1.807) is 9.80 Å². The van der Waals surface area contributed by atoms with E-state index in [1.165, 1.54) is 24.0 Å². The monoisotopic (exact) mass is 377 g/mol. The molecular weight excluding hydrogens is 350 g/mol. The predicted octanol–water partition coefficient (Wildman–Crippen LogP) is 2.14. The molecule has 0 aliphatic carbocycles. The van der Waals surface area contributed by atoms with Crippen molar-refractivity contribution in [1.82, 2.24) is 19.6 Å². The highest BCUT2D eigenvalue weighted by molar-refractivity contribution is 5.89. The minimum absolute atomic E-state index is 0.0712. The number of nitrogens with one attached hydrogen (secondary N) is 1. The number of amides is 3. The average Bonchev–Trinajstić information content (AvgIpc) is 2.98. The number of hydrogen-bond donors (Lipinski definition) is 1. The lowest BCUT2D eigenvalue weighted by molar-refractivity contribution is -0.114. The smallest absolute Gasteiger partial charge is 0.410 e. The summed E-state index contributed by atoms with van der Waals surface area (Å²) in [6.45, 7) is 9.58. The van der Waals surface area contributed by atoms with Crippen molar-refractivity contribution < 1.29 is 19.1 Å². The van der Waals surface area contributed by atoms with Gasteiger partial charge in [-0.1, -0.05) is 0 Å². The molecule has 3 amide bonds. The number of rotatable bonds is 1. The Morgan fingerprint density at radius 3 is 2.33 bits per heavy atom. The molecule has 0 bridgehead atoms. The van der Waals surface area contributed by atoms with Gasteiger partial charge in [0.15, 0.2) is 0 Å². The molecular formula is C18H27N5O4. The first-order valence-corrected chi connectivity index (χ1v) is 9.16. The number of anilines is 1. The third-order valence-corrected chi connectivity index (χ3v) is 4.90. The molecule has 0 atom stereocenters. The number of carbonyl (C=O) groups is 3. The third kappa shape index (κ3) is 4.40. The van der Waals surface area contributed by atoms with Crippen LogP contribution in [0.3, 0.4) is 0 Å². The van der Waals surface area contributed by atoms with E-state index in [1.807, 2.05) is 20.8 Å². The van der Waals surface area contributed by atoms with Crippen LogP contribution in [0.25, 0.3) is 0 Å². The molecule has 0 radical (unpaired) electrons. The Morgan fingerprint density at radius 2 is 1.78 bits per heavy atom. The molecule has 1 N–H and O–H groups in total. The number of ether oxygens (including phenoxy) is 1. The van der Waals surface area contributed by atoms with Gasteiger partial charge in [0.1, 0.15) is 5.60 Å². The molecule has 3 heterocycles. The van der Waals surface area contributed by atoms with Gasteiger partial charge in [0, 0.05) is 38.5 Å². The minimum atomic E-state index is -0.494. The standard InChI is InChI=1S/C18H27N5O4/c1-13(24)20-14-9-19-23(10-14)15(25)22-11-18(12-22)5-7-21(8-6-18)16(26)27-17(2,3)4/h9-10H,5-8,11-12H2,1-4H3,(H,20,24). The second kappa shape index (κ2) is 6.86. The highest BCUT2D eigenvalue weighted by Crippen LogP contribution is 2.40. The molecule has 2 fully saturated rings. The first-order chi connectivity index (χ1) is 12.6. The quantitative estimate of drug-likeness (QED) is 0.809. The van der Waals surface area contributed by atoms with Crippen LogP contribution in [-0.2, 0) is 9.53 Å². The van der Waals surface area contributed by atoms with Gasteiger partial charge in [0.25, 0.3) is 0 Å². The molecule has 0 saturated carbocycles. The maximum Gasteiger partial charge on any atom is 0.410 e. The van der Waals surface area contributed by atoms with Crippen molar-refractivity contribution in [3.8, 4) is 0 Å². The highest BCUT2D eigenvalue weighted by atomic mass is 16.6. The Labute approximate surface area is 158 Å². The average molecular weight is 377 g/mol. The van der Waals surface area contributed by atoms with Gasteiger partial charge >= 0.3 is 12.1 Å². The van der Waals surface area contributed by atoms with E-state index in [2.05, 4.69) is 10.4 Å². The molecule has 1 spiro atoms. The molecule has 3 rings (SSSR count). The molecule has 0 aromatic carbocycles. The Bertz CT molecular complexity index is 735. The van der Waals surface area contributed by atoms with Crippen molar-refractivity contribution in [2.45, 2.75) is 46.1 Å². The van der Waals surface area contributed by atoms with Crippen LogP contribution >= 0.6 is 0 Å². The fourth-order valence-corrected chi connectivity index (χ4v) is 3.55. The zero-order valence-corrected chi connectivity index (χ0v) is 16.3. The van der Waals surface area contributed by atoms with Crippen LogP contribution in [0.1, 0.15) is 40.5 Å². The Balaban J connectivity index is 1.49. The Morgan fingerprint density at radius 1 is 1.15 bits per heavy atom. The lowest BCUT2D eigenvalue weighted by atomic mass is 9.72. The summed E-state index contributed by atoms with van der Waals surface area (Å²) in [7, 11) is 0. The molecule has 2 aliphatic heterocycles. The highest BCUT2D eigenvalue weighted by Gasteiger charge is 2.48. The van der Waals surface area contributed by atoms with E-state index in [0.717, 1.165) is 12.8 Å². The van der Waals surface area contributed by atoms with Gasteiger partial charge in [0.2, 0.25) is 5.91 Å². The lowest BCUT2D eigenvalue weighted by Crippen LogP contribution is -2.63. The summed E-state index contributed by atoms with van der Waals surface area (Å²) in [6.07, 6.45) is 4.40. The van der Waals surface area contributed by atoms with Gasteiger partial charge < -0.3 is 19.9 Å². The predicted molar refractivity (Wildman–Crippen MR) is 98.4 cm³/mol. The molecule has 2 saturated heterocycles. The number of nitrogens with zero attached hydrogens (tertiary/aromatic N) is 4. The van der Waals surface area contributed by atoms with E-state index in [-0.39, 0.29) is 23.4 Å². The largest absolute Gasteiger partial charge is 0.444 e. The van der Waals surface area contributed by atoms with Crippen molar-refractivity contribution in [3.63, 3.8) is 0 Å². The topological polar surface area (TPSA) is 96.8 Å². The van der Waals surface area contributed by atoms with Crippen LogP contribution in [-0.4, -0.2) is 69.4 Å². The zero-order valence-electron chi connectivity index (χ0n) is 16.3. The van der Waals surface area contributed by atoms with E-state index in [4.69, 9.17) is 4.74 Å². The van der Waals surface area contributed by atoms with Crippen LogP contribution in [0.4, 0.5) is 15.3 Å². The van der Waals surface area contributed by atoms with Crippen LogP contribution in [0, 0.1) is 5.41 Å². The van der Waals surface area contributed by atoms with Crippen molar-refractivity contribution in [2.24, 2.45) is 5.41 Å². The van der Waals surface area contributed by atoms with Crippen LogP contribution in [0.15, 0.2) is 12.4 Å². The van der Waals surface area contributed by atoms with E-state index in [9.17, 15) is 14.4 Å². The van der Waals surface area contributed by atoms with E-state index in [0.29, 0.717) is 31.9 Å². The van der Waals surface area contributed by atoms with Crippen molar-refractivity contribution in [2.75, 3.05) is 31.5 Å². The van der Waals surface area contributed by atoms with E-state index >= 15 is 0 Å². The molecule has 9 nitrogen and oxygen atoms in total. The molecule has 27 heavy (non-hydrogen) atoms. The number of aromatic nitrogens is 2. The normalized spacial score (nSPS) is 18.8. The number of piperidine rings is 1. The number of carbonyl (C=O) groups excluding carboxylic acids is 3. The third-order valence-electron chi connectivity index (χ3n) is 4.90.